The second kappa shape index (κ2) is 8.87. The van der Waals surface area contributed by atoms with Gasteiger partial charge in [-0.1, -0.05) is 18.2 Å². The Morgan fingerprint density at radius 1 is 1.11 bits per heavy atom. The summed E-state index contributed by atoms with van der Waals surface area (Å²) >= 11 is 0. The number of para-hydroxylation sites is 1. The van der Waals surface area contributed by atoms with Gasteiger partial charge in [0, 0.05) is 42.7 Å². The van der Waals surface area contributed by atoms with Gasteiger partial charge >= 0.3 is 0 Å². The molecule has 1 atom stereocenters. The van der Waals surface area contributed by atoms with Crippen molar-refractivity contribution in [1.29, 1.82) is 0 Å². The van der Waals surface area contributed by atoms with Gasteiger partial charge in [0.2, 0.25) is 11.9 Å². The van der Waals surface area contributed by atoms with Gasteiger partial charge in [-0.3, -0.25) is 28.9 Å². The lowest BCUT2D eigenvalue weighted by atomic mass is 10.1. The number of aliphatic imine (C=N–C) groups is 1. The molecule has 2 N–H and O–H groups in total. The molecule has 196 valence electrons. The number of carbonyl (C=O) groups is 2. The van der Waals surface area contributed by atoms with E-state index in [9.17, 15) is 9.59 Å². The summed E-state index contributed by atoms with van der Waals surface area (Å²) in [6.45, 7) is 4.91. The Balaban J connectivity index is 1.31. The second-order valence-electron chi connectivity index (χ2n) is 10.7. The summed E-state index contributed by atoms with van der Waals surface area (Å²) in [6.07, 6.45) is 3.74. The number of hydrogen-bond acceptors (Lipinski definition) is 9. The summed E-state index contributed by atoms with van der Waals surface area (Å²) < 4.78 is 1.84. The largest absolute Gasteiger partial charge is 0.341 e. The molecule has 1 saturated carbocycles. The molecule has 1 aliphatic carbocycles. The molecule has 3 aromatic rings. The minimum Gasteiger partial charge on any atom is -0.341 e. The Bertz CT molecular complexity index is 1490. The van der Waals surface area contributed by atoms with Crippen molar-refractivity contribution in [2.45, 2.75) is 51.7 Å². The number of amides is 1. The summed E-state index contributed by atoms with van der Waals surface area (Å²) in [5.41, 5.74) is 8.45. The highest BCUT2D eigenvalue weighted by molar-refractivity contribution is 6.18. The second-order valence-corrected chi connectivity index (χ2v) is 10.7. The van der Waals surface area contributed by atoms with Crippen molar-refractivity contribution in [1.82, 2.24) is 24.4 Å². The predicted molar refractivity (Wildman–Crippen MR) is 143 cm³/mol. The number of aryl methyl sites for hydroxylation is 1. The maximum absolute atomic E-state index is 14.2. The van der Waals surface area contributed by atoms with E-state index in [0.29, 0.717) is 48.9 Å². The van der Waals surface area contributed by atoms with Crippen LogP contribution in [0.15, 0.2) is 29.3 Å². The van der Waals surface area contributed by atoms with E-state index in [-0.39, 0.29) is 36.7 Å². The number of guanidine groups is 1. The van der Waals surface area contributed by atoms with Crippen molar-refractivity contribution >= 4 is 40.3 Å². The lowest BCUT2D eigenvalue weighted by Gasteiger charge is -2.33. The molecule has 2 aromatic heterocycles. The van der Waals surface area contributed by atoms with Gasteiger partial charge in [0.1, 0.15) is 5.82 Å². The molecule has 0 bridgehead atoms. The molecule has 1 saturated heterocycles. The Morgan fingerprint density at radius 3 is 2.76 bits per heavy atom. The summed E-state index contributed by atoms with van der Waals surface area (Å²) in [6, 6.07) is 7.91. The number of fused-ring (bicyclic) bond motifs is 4. The summed E-state index contributed by atoms with van der Waals surface area (Å²) in [5, 5.41) is 0.990. The van der Waals surface area contributed by atoms with Crippen molar-refractivity contribution in [2.24, 2.45) is 16.6 Å². The Labute approximate surface area is 220 Å². The van der Waals surface area contributed by atoms with Gasteiger partial charge in [-0.05, 0) is 38.7 Å². The molecule has 11 nitrogen and oxygen atoms in total. The van der Waals surface area contributed by atoms with Crippen LogP contribution in [0.2, 0.25) is 0 Å². The third-order valence-electron chi connectivity index (χ3n) is 7.92. The number of carbonyl (C=O) groups excluding carboxylic acids is 2. The monoisotopic (exact) mass is 513 g/mol. The minimum atomic E-state index is -0.227. The molecule has 3 aliphatic heterocycles. The zero-order valence-corrected chi connectivity index (χ0v) is 21.5. The number of ketones is 1. The molecule has 2 fully saturated rings. The molecule has 11 heteroatoms. The zero-order valence-electron chi connectivity index (χ0n) is 21.5. The molecular weight excluding hydrogens is 482 g/mol. The van der Waals surface area contributed by atoms with Crippen LogP contribution in [0.5, 0.6) is 0 Å². The first-order valence-electron chi connectivity index (χ1n) is 13.5. The minimum absolute atomic E-state index is 0.0365. The topological polar surface area (TPSA) is 126 Å². The van der Waals surface area contributed by atoms with Crippen LogP contribution in [0, 0.1) is 12.8 Å². The van der Waals surface area contributed by atoms with E-state index < -0.39 is 0 Å². The smallest absolute Gasteiger partial charge is 0.281 e. The van der Waals surface area contributed by atoms with Gasteiger partial charge in [0.25, 0.3) is 5.91 Å². The number of piperidine rings is 1. The van der Waals surface area contributed by atoms with Gasteiger partial charge in [0.05, 0.1) is 25.2 Å². The number of benzene rings is 1. The van der Waals surface area contributed by atoms with E-state index in [1.807, 2.05) is 40.7 Å². The number of rotatable bonds is 6. The number of nitrogens with zero attached hydrogens (tertiary/aromatic N) is 8. The van der Waals surface area contributed by atoms with Crippen LogP contribution >= 0.6 is 0 Å². The summed E-state index contributed by atoms with van der Waals surface area (Å²) in [5.74, 6) is 2.36. The number of hydrogen-bond donors (Lipinski definition) is 1. The third kappa shape index (κ3) is 3.84. The Kier molecular flexibility index (Phi) is 5.43. The summed E-state index contributed by atoms with van der Waals surface area (Å²) in [4.78, 5) is 52.1. The number of nitrogens with two attached hydrogens (primary N) is 1. The van der Waals surface area contributed by atoms with E-state index in [2.05, 4.69) is 9.89 Å². The summed E-state index contributed by atoms with van der Waals surface area (Å²) in [7, 11) is 0. The molecular formula is C27H31N9O2. The fourth-order valence-corrected chi connectivity index (χ4v) is 5.84. The van der Waals surface area contributed by atoms with Crippen molar-refractivity contribution in [3.8, 4) is 0 Å². The van der Waals surface area contributed by atoms with E-state index in [0.717, 1.165) is 48.8 Å². The van der Waals surface area contributed by atoms with Crippen LogP contribution < -0.4 is 15.5 Å². The number of imidazole rings is 1. The molecule has 0 spiro atoms. The highest BCUT2D eigenvalue weighted by Gasteiger charge is 2.44. The quantitative estimate of drug-likeness (QED) is 0.530. The molecule has 38 heavy (non-hydrogen) atoms. The highest BCUT2D eigenvalue weighted by atomic mass is 16.2. The highest BCUT2D eigenvalue weighted by Crippen LogP contribution is 2.37. The van der Waals surface area contributed by atoms with Crippen LogP contribution in [0.4, 0.5) is 11.8 Å². The average Bonchev–Trinajstić information content (AvgIpc) is 3.53. The predicted octanol–water partition coefficient (Wildman–Crippen LogP) is 1.87. The van der Waals surface area contributed by atoms with Crippen LogP contribution in [0.1, 0.15) is 47.7 Å². The van der Waals surface area contributed by atoms with E-state index in [4.69, 9.17) is 20.7 Å². The first-order chi connectivity index (χ1) is 18.5. The van der Waals surface area contributed by atoms with E-state index in [1.54, 1.807) is 4.90 Å². The first kappa shape index (κ1) is 23.3. The first-order valence-corrected chi connectivity index (χ1v) is 13.5. The SMILES string of the molecule is Cc1nc(CN2C(=O)c3c(nc(N4CCC[C@@H](N)C4)n3CC(=O)C3CC3)N3CCN=C23)nc2ccccc12. The van der Waals surface area contributed by atoms with Crippen molar-refractivity contribution < 1.29 is 9.59 Å². The van der Waals surface area contributed by atoms with Gasteiger partial charge in [-0.25, -0.2) is 9.97 Å². The fraction of sp³-hybridized carbons (Fsp3) is 0.481. The Morgan fingerprint density at radius 2 is 1.95 bits per heavy atom. The fourth-order valence-electron chi connectivity index (χ4n) is 5.84. The van der Waals surface area contributed by atoms with Crippen LogP contribution in [0.25, 0.3) is 10.9 Å². The number of Topliss-reactive ketones (excluding diaryl/α,β-unsaturated/α-hetero) is 1. The molecule has 0 radical (unpaired) electrons. The van der Waals surface area contributed by atoms with E-state index >= 15 is 0 Å². The van der Waals surface area contributed by atoms with Gasteiger partial charge in [-0.15, -0.1) is 0 Å². The molecule has 5 heterocycles. The maximum atomic E-state index is 14.2. The normalized spacial score (nSPS) is 21.1. The molecule has 7 rings (SSSR count). The third-order valence-corrected chi connectivity index (χ3v) is 7.92. The maximum Gasteiger partial charge on any atom is 0.281 e. The van der Waals surface area contributed by atoms with Crippen LogP contribution in [0.3, 0.4) is 0 Å². The molecule has 1 aromatic carbocycles. The van der Waals surface area contributed by atoms with Gasteiger partial charge in [-0.2, -0.15) is 4.98 Å². The zero-order chi connectivity index (χ0) is 26.0. The lowest BCUT2D eigenvalue weighted by Crippen LogP contribution is -2.50. The van der Waals surface area contributed by atoms with Crippen LogP contribution in [-0.4, -0.2) is 74.3 Å². The molecule has 1 amide bonds. The van der Waals surface area contributed by atoms with Crippen molar-refractivity contribution in [2.75, 3.05) is 36.0 Å². The molecule has 0 unspecified atom stereocenters. The van der Waals surface area contributed by atoms with Crippen molar-refractivity contribution in [3.63, 3.8) is 0 Å². The lowest BCUT2D eigenvalue weighted by molar-refractivity contribution is -0.120. The van der Waals surface area contributed by atoms with Crippen molar-refractivity contribution in [3.05, 3.63) is 41.5 Å². The van der Waals surface area contributed by atoms with Gasteiger partial charge in [0.15, 0.2) is 17.3 Å². The van der Waals surface area contributed by atoms with Gasteiger partial charge < -0.3 is 10.6 Å². The average molecular weight is 514 g/mol. The Hall–Kier alpha value is -3.86. The number of aromatic nitrogens is 4. The van der Waals surface area contributed by atoms with E-state index in [1.165, 1.54) is 0 Å². The standard InChI is InChI=1S/C27H31N9O2/c1-16-19-6-2-3-7-20(19)31-22(30-16)15-36-25(38)23-24(34-12-10-29-26(34)36)32-27(33-11-4-5-18(28)13-33)35(23)14-21(37)17-8-9-17/h2-3,6-7,17-18H,4-5,8-15,28H2,1H3/t18-/m1/s1. The van der Waals surface area contributed by atoms with Crippen LogP contribution in [-0.2, 0) is 17.9 Å². The number of anilines is 2. The molecule has 4 aliphatic rings.